The van der Waals surface area contributed by atoms with Crippen LogP contribution >= 0.6 is 0 Å². The number of aliphatic hydroxyl groups is 1. The van der Waals surface area contributed by atoms with Crippen molar-refractivity contribution in [1.29, 1.82) is 0 Å². The van der Waals surface area contributed by atoms with Gasteiger partial charge in [0.1, 0.15) is 19.3 Å². The summed E-state index contributed by atoms with van der Waals surface area (Å²) in [4.78, 5) is 9.12. The summed E-state index contributed by atoms with van der Waals surface area (Å²) in [6.45, 7) is 1.46. The molecule has 1 aliphatic rings. The Labute approximate surface area is 53.3 Å². The average Bonchev–Trinajstić information content (AvgIpc) is 2.63. The third-order valence-corrected chi connectivity index (χ3v) is 0.914. The first-order valence-corrected chi connectivity index (χ1v) is 2.90. The SMILES string of the molecule is OCCOOCC1CO1. The predicted molar refractivity (Wildman–Crippen MR) is 28.7 cm³/mol. The van der Waals surface area contributed by atoms with Crippen LogP contribution in [0.3, 0.4) is 0 Å². The molecule has 9 heavy (non-hydrogen) atoms. The van der Waals surface area contributed by atoms with Gasteiger partial charge in [0.15, 0.2) is 0 Å². The van der Waals surface area contributed by atoms with Gasteiger partial charge in [-0.1, -0.05) is 0 Å². The van der Waals surface area contributed by atoms with Crippen LogP contribution in [0.1, 0.15) is 0 Å². The monoisotopic (exact) mass is 134 g/mol. The molecular formula is C5H10O4. The first kappa shape index (κ1) is 6.95. The lowest BCUT2D eigenvalue weighted by Gasteiger charge is -1.97. The summed E-state index contributed by atoms with van der Waals surface area (Å²) < 4.78 is 4.82. The molecule has 1 rings (SSSR count). The summed E-state index contributed by atoms with van der Waals surface area (Å²) in [5.41, 5.74) is 0. The van der Waals surface area contributed by atoms with Gasteiger partial charge in [-0.3, -0.25) is 0 Å². The first-order valence-electron chi connectivity index (χ1n) is 2.90. The van der Waals surface area contributed by atoms with Crippen molar-refractivity contribution in [2.24, 2.45) is 0 Å². The Morgan fingerprint density at radius 3 is 2.89 bits per heavy atom. The molecule has 0 aromatic heterocycles. The normalized spacial score (nSPS) is 24.3. The molecule has 1 fully saturated rings. The molecule has 1 N–H and O–H groups in total. The Kier molecular flexibility index (Phi) is 2.93. The molecule has 0 aliphatic carbocycles. The van der Waals surface area contributed by atoms with Crippen LogP contribution in [0.4, 0.5) is 0 Å². The van der Waals surface area contributed by atoms with E-state index in [4.69, 9.17) is 9.84 Å². The third kappa shape index (κ3) is 3.42. The molecule has 0 bridgehead atoms. The van der Waals surface area contributed by atoms with Gasteiger partial charge in [0.2, 0.25) is 0 Å². The van der Waals surface area contributed by atoms with E-state index < -0.39 is 0 Å². The zero-order valence-electron chi connectivity index (χ0n) is 5.08. The summed E-state index contributed by atoms with van der Waals surface area (Å²) in [5, 5.41) is 8.21. The number of ether oxygens (including phenoxy) is 1. The number of aliphatic hydroxyl groups excluding tert-OH is 1. The Hall–Kier alpha value is -0.160. The van der Waals surface area contributed by atoms with Gasteiger partial charge in [-0.25, -0.2) is 9.78 Å². The predicted octanol–water partition coefficient (Wildman–Crippen LogP) is -0.674. The van der Waals surface area contributed by atoms with E-state index in [1.54, 1.807) is 0 Å². The van der Waals surface area contributed by atoms with Crippen molar-refractivity contribution in [2.75, 3.05) is 26.4 Å². The van der Waals surface area contributed by atoms with Crippen LogP contribution < -0.4 is 0 Å². The van der Waals surface area contributed by atoms with Gasteiger partial charge in [0, 0.05) is 0 Å². The minimum absolute atomic E-state index is 0.00841. The first-order chi connectivity index (χ1) is 4.43. The molecule has 54 valence electrons. The van der Waals surface area contributed by atoms with Gasteiger partial charge in [0.05, 0.1) is 13.2 Å². The van der Waals surface area contributed by atoms with Crippen LogP contribution in [0.2, 0.25) is 0 Å². The van der Waals surface area contributed by atoms with Crippen molar-refractivity contribution in [3.05, 3.63) is 0 Å². The Balaban J connectivity index is 1.71. The highest BCUT2D eigenvalue weighted by Gasteiger charge is 2.22. The van der Waals surface area contributed by atoms with Crippen molar-refractivity contribution in [3.63, 3.8) is 0 Å². The Bertz CT molecular complexity index is 71.4. The number of epoxide rings is 1. The lowest BCUT2D eigenvalue weighted by Crippen LogP contribution is -2.05. The van der Waals surface area contributed by atoms with E-state index in [1.807, 2.05) is 0 Å². The average molecular weight is 134 g/mol. The second-order valence-electron chi connectivity index (χ2n) is 1.79. The fourth-order valence-corrected chi connectivity index (χ4v) is 0.384. The molecule has 1 aliphatic heterocycles. The molecule has 0 amide bonds. The van der Waals surface area contributed by atoms with Crippen molar-refractivity contribution < 1.29 is 19.6 Å². The lowest BCUT2D eigenvalue weighted by molar-refractivity contribution is -0.299. The number of hydrogen-bond acceptors (Lipinski definition) is 4. The standard InChI is InChI=1S/C5H10O4/c6-1-2-8-9-4-5-3-7-5/h5-6H,1-4H2. The molecule has 0 aromatic rings. The Morgan fingerprint density at radius 1 is 1.56 bits per heavy atom. The molecule has 0 radical (unpaired) electrons. The molecule has 4 nitrogen and oxygen atoms in total. The maximum absolute atomic E-state index is 8.21. The highest BCUT2D eigenvalue weighted by molar-refractivity contribution is 4.65. The highest BCUT2D eigenvalue weighted by Crippen LogP contribution is 2.08. The van der Waals surface area contributed by atoms with Crippen LogP contribution in [0, 0.1) is 0 Å². The van der Waals surface area contributed by atoms with Crippen LogP contribution in [-0.2, 0) is 14.5 Å². The topological polar surface area (TPSA) is 51.2 Å². The van der Waals surface area contributed by atoms with Gasteiger partial charge in [-0.2, -0.15) is 0 Å². The fourth-order valence-electron chi connectivity index (χ4n) is 0.384. The molecule has 1 heterocycles. The second-order valence-corrected chi connectivity index (χ2v) is 1.79. The minimum atomic E-state index is -0.00841. The van der Waals surface area contributed by atoms with Crippen molar-refractivity contribution in [1.82, 2.24) is 0 Å². The van der Waals surface area contributed by atoms with Gasteiger partial charge < -0.3 is 9.84 Å². The molecule has 0 aromatic carbocycles. The summed E-state index contributed by atoms with van der Waals surface area (Å²) in [6.07, 6.45) is 0.226. The maximum Gasteiger partial charge on any atom is 0.111 e. The van der Waals surface area contributed by atoms with E-state index in [0.29, 0.717) is 6.61 Å². The van der Waals surface area contributed by atoms with Crippen molar-refractivity contribution in [2.45, 2.75) is 6.10 Å². The van der Waals surface area contributed by atoms with Crippen LogP contribution in [0.15, 0.2) is 0 Å². The molecule has 0 saturated carbocycles. The largest absolute Gasteiger partial charge is 0.394 e. The van der Waals surface area contributed by atoms with Crippen LogP contribution in [0.25, 0.3) is 0 Å². The molecule has 1 atom stereocenters. The van der Waals surface area contributed by atoms with E-state index in [0.717, 1.165) is 6.61 Å². The molecule has 0 spiro atoms. The fraction of sp³-hybridized carbons (Fsp3) is 1.00. The molecule has 4 heteroatoms. The lowest BCUT2D eigenvalue weighted by atomic mass is 10.5. The molecule has 1 saturated heterocycles. The van der Waals surface area contributed by atoms with Gasteiger partial charge >= 0.3 is 0 Å². The summed E-state index contributed by atoms with van der Waals surface area (Å²) in [7, 11) is 0. The highest BCUT2D eigenvalue weighted by atomic mass is 17.2. The van der Waals surface area contributed by atoms with Crippen LogP contribution in [0.5, 0.6) is 0 Å². The molecular weight excluding hydrogens is 124 g/mol. The van der Waals surface area contributed by atoms with E-state index >= 15 is 0 Å². The van der Waals surface area contributed by atoms with Gasteiger partial charge in [-0.05, 0) is 0 Å². The molecule has 1 unspecified atom stereocenters. The minimum Gasteiger partial charge on any atom is -0.394 e. The van der Waals surface area contributed by atoms with E-state index in [-0.39, 0.29) is 19.3 Å². The van der Waals surface area contributed by atoms with E-state index in [1.165, 1.54) is 0 Å². The van der Waals surface area contributed by atoms with Gasteiger partial charge in [0.25, 0.3) is 0 Å². The smallest absolute Gasteiger partial charge is 0.111 e. The summed E-state index contributed by atoms with van der Waals surface area (Å²) in [6, 6.07) is 0. The number of hydrogen-bond donors (Lipinski definition) is 1. The van der Waals surface area contributed by atoms with Crippen molar-refractivity contribution in [3.8, 4) is 0 Å². The zero-order valence-corrected chi connectivity index (χ0v) is 5.08. The van der Waals surface area contributed by atoms with Crippen molar-refractivity contribution >= 4 is 0 Å². The summed E-state index contributed by atoms with van der Waals surface area (Å²) in [5.74, 6) is 0. The van der Waals surface area contributed by atoms with Crippen LogP contribution in [-0.4, -0.2) is 37.6 Å². The Morgan fingerprint density at radius 2 is 2.33 bits per heavy atom. The summed E-state index contributed by atoms with van der Waals surface area (Å²) >= 11 is 0. The quantitative estimate of drug-likeness (QED) is 0.234. The number of rotatable bonds is 5. The zero-order chi connectivity index (χ0) is 6.53. The van der Waals surface area contributed by atoms with E-state index in [2.05, 4.69) is 9.78 Å². The third-order valence-electron chi connectivity index (χ3n) is 0.914. The maximum atomic E-state index is 8.21. The van der Waals surface area contributed by atoms with E-state index in [9.17, 15) is 0 Å². The van der Waals surface area contributed by atoms with Gasteiger partial charge in [-0.15, -0.1) is 0 Å². The second kappa shape index (κ2) is 3.79.